The standard InChI is InChI=1S/C14H10F4N2O/c1-7-4-5-20-13(19)11(7)12(21)9-6-8(14(16,17)18)2-3-10(9)15/h2-6H,1H3,(H2,19,20). The first-order valence-electron chi connectivity index (χ1n) is 5.84. The minimum atomic E-state index is -4.67. The smallest absolute Gasteiger partial charge is 0.383 e. The molecule has 0 aliphatic carbocycles. The fourth-order valence-electron chi connectivity index (χ4n) is 1.88. The quantitative estimate of drug-likeness (QED) is 0.683. The second kappa shape index (κ2) is 5.16. The van der Waals surface area contributed by atoms with E-state index in [-0.39, 0.29) is 11.4 Å². The van der Waals surface area contributed by atoms with E-state index in [1.165, 1.54) is 19.2 Å². The first-order valence-corrected chi connectivity index (χ1v) is 5.84. The predicted octanol–water partition coefficient (Wildman–Crippen LogP) is 3.36. The predicted molar refractivity (Wildman–Crippen MR) is 68.2 cm³/mol. The first-order chi connectivity index (χ1) is 9.71. The molecule has 2 aromatic rings. The van der Waals surface area contributed by atoms with Crippen LogP contribution in [0.3, 0.4) is 0 Å². The van der Waals surface area contributed by atoms with Gasteiger partial charge in [0.1, 0.15) is 11.6 Å². The van der Waals surface area contributed by atoms with Crippen molar-refractivity contribution in [1.29, 1.82) is 0 Å². The van der Waals surface area contributed by atoms with Crippen molar-refractivity contribution in [3.63, 3.8) is 0 Å². The number of rotatable bonds is 2. The number of aromatic nitrogens is 1. The van der Waals surface area contributed by atoms with Gasteiger partial charge in [-0.2, -0.15) is 13.2 Å². The normalized spacial score (nSPS) is 11.5. The molecule has 1 aromatic carbocycles. The Bertz CT molecular complexity index is 690. The van der Waals surface area contributed by atoms with Crippen molar-refractivity contribution in [1.82, 2.24) is 4.98 Å². The number of halogens is 4. The Morgan fingerprint density at radius 1 is 1.24 bits per heavy atom. The monoisotopic (exact) mass is 298 g/mol. The molecule has 0 bridgehead atoms. The molecule has 0 saturated heterocycles. The first kappa shape index (κ1) is 15.0. The summed E-state index contributed by atoms with van der Waals surface area (Å²) in [5.74, 6) is -2.13. The number of hydrogen-bond donors (Lipinski definition) is 1. The molecule has 1 aromatic heterocycles. The molecule has 0 atom stereocenters. The van der Waals surface area contributed by atoms with E-state index in [0.717, 1.165) is 0 Å². The van der Waals surface area contributed by atoms with Crippen LogP contribution in [0.25, 0.3) is 0 Å². The number of pyridine rings is 1. The average Bonchev–Trinajstić information content (AvgIpc) is 2.37. The van der Waals surface area contributed by atoms with Gasteiger partial charge in [0.05, 0.1) is 16.7 Å². The largest absolute Gasteiger partial charge is 0.416 e. The topological polar surface area (TPSA) is 56.0 Å². The number of aryl methyl sites for hydroxylation is 1. The molecule has 0 radical (unpaired) electrons. The highest BCUT2D eigenvalue weighted by molar-refractivity contribution is 6.12. The Morgan fingerprint density at radius 3 is 2.48 bits per heavy atom. The fourth-order valence-corrected chi connectivity index (χ4v) is 1.88. The Labute approximate surface area is 117 Å². The molecular weight excluding hydrogens is 288 g/mol. The Balaban J connectivity index is 2.59. The summed E-state index contributed by atoms with van der Waals surface area (Å²) in [6.45, 7) is 1.54. The van der Waals surface area contributed by atoms with Crippen molar-refractivity contribution in [2.45, 2.75) is 13.1 Å². The molecule has 2 N–H and O–H groups in total. The third-order valence-corrected chi connectivity index (χ3v) is 2.95. The van der Waals surface area contributed by atoms with Gasteiger partial charge in [0.15, 0.2) is 5.78 Å². The summed E-state index contributed by atoms with van der Waals surface area (Å²) in [6.07, 6.45) is -3.32. The molecule has 0 amide bonds. The molecule has 7 heteroatoms. The van der Waals surface area contributed by atoms with Crippen LogP contribution in [0, 0.1) is 12.7 Å². The Kier molecular flexibility index (Phi) is 3.67. The van der Waals surface area contributed by atoms with Gasteiger partial charge in [0.2, 0.25) is 0 Å². The summed E-state index contributed by atoms with van der Waals surface area (Å²) in [6, 6.07) is 3.13. The van der Waals surface area contributed by atoms with Crippen molar-refractivity contribution >= 4 is 11.6 Å². The number of ketones is 1. The van der Waals surface area contributed by atoms with Gasteiger partial charge in [-0.15, -0.1) is 0 Å². The fraction of sp³-hybridized carbons (Fsp3) is 0.143. The van der Waals surface area contributed by atoms with Crippen LogP contribution in [0.2, 0.25) is 0 Å². The molecule has 0 unspecified atom stereocenters. The van der Waals surface area contributed by atoms with Crippen LogP contribution >= 0.6 is 0 Å². The van der Waals surface area contributed by atoms with E-state index in [1.54, 1.807) is 0 Å². The van der Waals surface area contributed by atoms with E-state index in [2.05, 4.69) is 4.98 Å². The van der Waals surface area contributed by atoms with Crippen LogP contribution in [0.1, 0.15) is 27.0 Å². The van der Waals surface area contributed by atoms with Gasteiger partial charge >= 0.3 is 6.18 Å². The molecule has 0 aliphatic heterocycles. The van der Waals surface area contributed by atoms with Crippen LogP contribution < -0.4 is 5.73 Å². The Morgan fingerprint density at radius 2 is 1.90 bits per heavy atom. The van der Waals surface area contributed by atoms with Gasteiger partial charge < -0.3 is 5.73 Å². The van der Waals surface area contributed by atoms with E-state index in [0.29, 0.717) is 23.8 Å². The van der Waals surface area contributed by atoms with Crippen LogP contribution in [-0.4, -0.2) is 10.8 Å². The van der Waals surface area contributed by atoms with E-state index in [4.69, 9.17) is 5.73 Å². The van der Waals surface area contributed by atoms with E-state index in [1.807, 2.05) is 0 Å². The maximum absolute atomic E-state index is 13.7. The van der Waals surface area contributed by atoms with Crippen molar-refractivity contribution < 1.29 is 22.4 Å². The van der Waals surface area contributed by atoms with Gasteiger partial charge in [-0.05, 0) is 36.8 Å². The summed E-state index contributed by atoms with van der Waals surface area (Å²) in [4.78, 5) is 16.0. The zero-order valence-electron chi connectivity index (χ0n) is 10.8. The number of nitrogens with zero attached hydrogens (tertiary/aromatic N) is 1. The number of nitrogens with two attached hydrogens (primary N) is 1. The molecule has 1 heterocycles. The SMILES string of the molecule is Cc1ccnc(N)c1C(=O)c1cc(C(F)(F)F)ccc1F. The minimum absolute atomic E-state index is 0.101. The summed E-state index contributed by atoms with van der Waals surface area (Å²) in [5.41, 5.74) is 4.07. The molecule has 21 heavy (non-hydrogen) atoms. The van der Waals surface area contributed by atoms with E-state index >= 15 is 0 Å². The minimum Gasteiger partial charge on any atom is -0.383 e. The molecular formula is C14H10F4N2O. The summed E-state index contributed by atoms with van der Waals surface area (Å²) >= 11 is 0. The number of carbonyl (C=O) groups excluding carboxylic acids is 1. The lowest BCUT2D eigenvalue weighted by atomic mass is 9.98. The van der Waals surface area contributed by atoms with Crippen molar-refractivity contribution in [3.05, 3.63) is 58.5 Å². The third kappa shape index (κ3) is 2.86. The molecule has 0 aliphatic rings. The van der Waals surface area contributed by atoms with Crippen LogP contribution in [0.4, 0.5) is 23.4 Å². The van der Waals surface area contributed by atoms with Crippen LogP contribution in [0.15, 0.2) is 30.5 Å². The van der Waals surface area contributed by atoms with Crippen molar-refractivity contribution in [3.8, 4) is 0 Å². The average molecular weight is 298 g/mol. The second-order valence-corrected chi connectivity index (χ2v) is 4.41. The Hall–Kier alpha value is -2.44. The van der Waals surface area contributed by atoms with Gasteiger partial charge in [-0.1, -0.05) is 0 Å². The second-order valence-electron chi connectivity index (χ2n) is 4.41. The van der Waals surface area contributed by atoms with Crippen LogP contribution in [0.5, 0.6) is 0 Å². The summed E-state index contributed by atoms with van der Waals surface area (Å²) in [5, 5.41) is 0. The third-order valence-electron chi connectivity index (χ3n) is 2.95. The molecule has 0 saturated carbocycles. The molecule has 0 spiro atoms. The summed E-state index contributed by atoms with van der Waals surface area (Å²) in [7, 11) is 0. The van der Waals surface area contributed by atoms with Gasteiger partial charge in [-0.25, -0.2) is 9.37 Å². The van der Waals surface area contributed by atoms with Gasteiger partial charge in [0.25, 0.3) is 0 Å². The highest BCUT2D eigenvalue weighted by atomic mass is 19.4. The zero-order chi connectivity index (χ0) is 15.8. The van der Waals surface area contributed by atoms with Crippen molar-refractivity contribution in [2.75, 3.05) is 5.73 Å². The lowest BCUT2D eigenvalue weighted by molar-refractivity contribution is -0.137. The van der Waals surface area contributed by atoms with Crippen molar-refractivity contribution in [2.24, 2.45) is 0 Å². The highest BCUT2D eigenvalue weighted by Gasteiger charge is 2.32. The van der Waals surface area contributed by atoms with E-state index in [9.17, 15) is 22.4 Å². The number of carbonyl (C=O) groups is 1. The lowest BCUT2D eigenvalue weighted by Crippen LogP contribution is -2.13. The molecule has 0 fully saturated rings. The maximum atomic E-state index is 13.7. The highest BCUT2D eigenvalue weighted by Crippen LogP contribution is 2.31. The van der Waals surface area contributed by atoms with Gasteiger partial charge in [0, 0.05) is 6.20 Å². The zero-order valence-corrected chi connectivity index (χ0v) is 10.8. The molecule has 2 rings (SSSR count). The molecule has 3 nitrogen and oxygen atoms in total. The van der Waals surface area contributed by atoms with Crippen LogP contribution in [-0.2, 0) is 6.18 Å². The number of anilines is 1. The maximum Gasteiger partial charge on any atom is 0.416 e. The number of nitrogen functional groups attached to an aromatic ring is 1. The number of benzene rings is 1. The van der Waals surface area contributed by atoms with Gasteiger partial charge in [-0.3, -0.25) is 4.79 Å². The lowest BCUT2D eigenvalue weighted by Gasteiger charge is -2.11. The molecule has 110 valence electrons. The number of alkyl halides is 3. The van der Waals surface area contributed by atoms with E-state index < -0.39 is 28.9 Å². The number of hydrogen-bond acceptors (Lipinski definition) is 3. The summed E-state index contributed by atoms with van der Waals surface area (Å²) < 4.78 is 51.7.